The molecule has 1 aromatic rings. The fourth-order valence-corrected chi connectivity index (χ4v) is 2.11. The second-order valence-electron chi connectivity index (χ2n) is 5.74. The smallest absolute Gasteiger partial charge is 0.165 e. The van der Waals surface area contributed by atoms with Gasteiger partial charge in [0.05, 0.1) is 7.11 Å². The van der Waals surface area contributed by atoms with Crippen molar-refractivity contribution in [2.24, 2.45) is 5.92 Å². The molecule has 0 heterocycles. The highest BCUT2D eigenvalue weighted by molar-refractivity contribution is 5.36. The third-order valence-electron chi connectivity index (χ3n) is 3.50. The summed E-state index contributed by atoms with van der Waals surface area (Å²) in [5.41, 5.74) is 2.18. The predicted molar refractivity (Wildman–Crippen MR) is 82.8 cm³/mol. The Balaban J connectivity index is 3.06. The molecule has 0 fully saturated rings. The minimum absolute atomic E-state index is 0.159. The van der Waals surface area contributed by atoms with E-state index in [0.29, 0.717) is 12.0 Å². The maximum atomic E-state index is 13.5. The summed E-state index contributed by atoms with van der Waals surface area (Å²) >= 11 is 0. The van der Waals surface area contributed by atoms with Gasteiger partial charge in [0.15, 0.2) is 11.6 Å². The van der Waals surface area contributed by atoms with Crippen LogP contribution in [0.3, 0.4) is 0 Å². The van der Waals surface area contributed by atoms with Crippen LogP contribution >= 0.6 is 0 Å². The van der Waals surface area contributed by atoms with E-state index in [1.807, 2.05) is 6.07 Å². The molecule has 0 aliphatic rings. The SMILES string of the molecule is C=C(C(C)C)[C@H](CNC(C)C)c1ccc(F)c(OC)c1. The lowest BCUT2D eigenvalue weighted by Gasteiger charge is -2.25. The Morgan fingerprint density at radius 1 is 1.30 bits per heavy atom. The lowest BCUT2D eigenvalue weighted by atomic mass is 9.85. The number of ether oxygens (including phenoxy) is 1. The molecule has 3 heteroatoms. The number of rotatable bonds is 7. The molecule has 0 aromatic heterocycles. The van der Waals surface area contributed by atoms with Gasteiger partial charge < -0.3 is 10.1 Å². The van der Waals surface area contributed by atoms with Gasteiger partial charge in [-0.05, 0) is 23.6 Å². The molecule has 0 radical (unpaired) electrons. The molecular weight excluding hydrogens is 253 g/mol. The van der Waals surface area contributed by atoms with Crippen molar-refractivity contribution in [2.75, 3.05) is 13.7 Å². The second-order valence-corrected chi connectivity index (χ2v) is 5.74. The summed E-state index contributed by atoms with van der Waals surface area (Å²) in [5, 5.41) is 3.44. The van der Waals surface area contributed by atoms with Crippen LogP contribution in [0.1, 0.15) is 39.2 Å². The van der Waals surface area contributed by atoms with Crippen molar-refractivity contribution in [3.63, 3.8) is 0 Å². The Bertz CT molecular complexity index is 454. The molecule has 1 atom stereocenters. The molecule has 1 N–H and O–H groups in total. The van der Waals surface area contributed by atoms with Gasteiger partial charge in [0.1, 0.15) is 0 Å². The number of methoxy groups -OCH3 is 1. The maximum absolute atomic E-state index is 13.5. The molecule has 0 bridgehead atoms. The van der Waals surface area contributed by atoms with Gasteiger partial charge in [-0.1, -0.05) is 45.9 Å². The molecule has 1 aromatic carbocycles. The average molecular weight is 279 g/mol. The van der Waals surface area contributed by atoms with Crippen LogP contribution in [-0.4, -0.2) is 19.7 Å². The summed E-state index contributed by atoms with van der Waals surface area (Å²) in [6.45, 7) is 13.5. The molecule has 0 aliphatic carbocycles. The Labute approximate surface area is 122 Å². The van der Waals surface area contributed by atoms with E-state index >= 15 is 0 Å². The van der Waals surface area contributed by atoms with Crippen molar-refractivity contribution in [1.82, 2.24) is 5.32 Å². The lowest BCUT2D eigenvalue weighted by molar-refractivity contribution is 0.385. The highest BCUT2D eigenvalue weighted by Crippen LogP contribution is 2.31. The summed E-state index contributed by atoms with van der Waals surface area (Å²) in [6, 6.07) is 5.46. The number of benzene rings is 1. The van der Waals surface area contributed by atoms with Crippen LogP contribution in [0.15, 0.2) is 30.4 Å². The Hall–Kier alpha value is -1.35. The van der Waals surface area contributed by atoms with Crippen molar-refractivity contribution < 1.29 is 9.13 Å². The van der Waals surface area contributed by atoms with Gasteiger partial charge in [-0.2, -0.15) is 0 Å². The Kier molecular flexibility index (Phi) is 6.21. The number of hydrogen-bond donors (Lipinski definition) is 1. The number of nitrogens with one attached hydrogen (secondary N) is 1. The van der Waals surface area contributed by atoms with E-state index in [9.17, 15) is 4.39 Å². The average Bonchev–Trinajstić information content (AvgIpc) is 2.39. The first-order valence-corrected chi connectivity index (χ1v) is 7.12. The quantitative estimate of drug-likeness (QED) is 0.758. The lowest BCUT2D eigenvalue weighted by Crippen LogP contribution is -2.29. The van der Waals surface area contributed by atoms with E-state index in [4.69, 9.17) is 4.74 Å². The van der Waals surface area contributed by atoms with Gasteiger partial charge in [0, 0.05) is 18.5 Å². The van der Waals surface area contributed by atoms with Crippen LogP contribution in [0.4, 0.5) is 4.39 Å². The third kappa shape index (κ3) is 4.34. The van der Waals surface area contributed by atoms with E-state index in [-0.39, 0.29) is 17.5 Å². The second kappa shape index (κ2) is 7.44. The zero-order chi connectivity index (χ0) is 15.3. The van der Waals surface area contributed by atoms with Crippen LogP contribution in [0, 0.1) is 11.7 Å². The predicted octanol–water partition coefficient (Wildman–Crippen LogP) is 4.13. The van der Waals surface area contributed by atoms with Gasteiger partial charge in [-0.25, -0.2) is 4.39 Å². The fraction of sp³-hybridized carbons (Fsp3) is 0.529. The largest absolute Gasteiger partial charge is 0.494 e. The minimum Gasteiger partial charge on any atom is -0.494 e. The number of hydrogen-bond acceptors (Lipinski definition) is 2. The van der Waals surface area contributed by atoms with Gasteiger partial charge in [-0.15, -0.1) is 0 Å². The van der Waals surface area contributed by atoms with Crippen LogP contribution in [0.2, 0.25) is 0 Å². The molecule has 0 unspecified atom stereocenters. The zero-order valence-corrected chi connectivity index (χ0v) is 13.2. The first-order chi connectivity index (χ1) is 9.36. The standard InChI is InChI=1S/C17H26FNO/c1-11(2)13(5)15(10-19-12(3)4)14-7-8-16(18)17(9-14)20-6/h7-9,11-12,15,19H,5,10H2,1-4,6H3/t15-/m0/s1. The Morgan fingerprint density at radius 3 is 2.45 bits per heavy atom. The molecule has 112 valence electrons. The first kappa shape index (κ1) is 16.7. The molecular formula is C17H26FNO. The third-order valence-corrected chi connectivity index (χ3v) is 3.50. The molecule has 0 saturated carbocycles. The van der Waals surface area contributed by atoms with Crippen molar-refractivity contribution in [3.05, 3.63) is 41.7 Å². The molecule has 0 amide bonds. The summed E-state index contributed by atoms with van der Waals surface area (Å²) in [7, 11) is 1.49. The molecule has 0 saturated heterocycles. The topological polar surface area (TPSA) is 21.3 Å². The molecule has 0 aliphatic heterocycles. The van der Waals surface area contributed by atoms with Crippen LogP contribution in [0.25, 0.3) is 0 Å². The summed E-state index contributed by atoms with van der Waals surface area (Å²) in [4.78, 5) is 0. The summed E-state index contributed by atoms with van der Waals surface area (Å²) < 4.78 is 18.6. The van der Waals surface area contributed by atoms with Crippen molar-refractivity contribution >= 4 is 0 Å². The van der Waals surface area contributed by atoms with E-state index < -0.39 is 0 Å². The maximum Gasteiger partial charge on any atom is 0.165 e. The van der Waals surface area contributed by atoms with Gasteiger partial charge in [-0.3, -0.25) is 0 Å². The van der Waals surface area contributed by atoms with Gasteiger partial charge in [0.25, 0.3) is 0 Å². The Morgan fingerprint density at radius 2 is 1.95 bits per heavy atom. The van der Waals surface area contributed by atoms with Gasteiger partial charge >= 0.3 is 0 Å². The van der Waals surface area contributed by atoms with Gasteiger partial charge in [0.2, 0.25) is 0 Å². The summed E-state index contributed by atoms with van der Waals surface area (Å²) in [5.74, 6) is 0.493. The molecule has 1 rings (SSSR count). The van der Waals surface area contributed by atoms with Crippen LogP contribution < -0.4 is 10.1 Å². The fourth-order valence-electron chi connectivity index (χ4n) is 2.11. The van der Waals surface area contributed by atoms with Crippen LogP contribution in [0.5, 0.6) is 5.75 Å². The summed E-state index contributed by atoms with van der Waals surface area (Å²) in [6.07, 6.45) is 0. The zero-order valence-electron chi connectivity index (χ0n) is 13.2. The van der Waals surface area contributed by atoms with Crippen molar-refractivity contribution in [1.29, 1.82) is 0 Å². The van der Waals surface area contributed by atoms with Crippen molar-refractivity contribution in [2.45, 2.75) is 39.7 Å². The minimum atomic E-state index is -0.332. The van der Waals surface area contributed by atoms with Crippen LogP contribution in [-0.2, 0) is 0 Å². The van der Waals surface area contributed by atoms with E-state index in [1.54, 1.807) is 6.07 Å². The normalized spacial score (nSPS) is 12.8. The molecule has 2 nitrogen and oxygen atoms in total. The highest BCUT2D eigenvalue weighted by Gasteiger charge is 2.19. The monoisotopic (exact) mass is 279 g/mol. The highest BCUT2D eigenvalue weighted by atomic mass is 19.1. The first-order valence-electron chi connectivity index (χ1n) is 7.12. The molecule has 0 spiro atoms. The van der Waals surface area contributed by atoms with E-state index in [2.05, 4.69) is 39.6 Å². The number of halogens is 1. The van der Waals surface area contributed by atoms with Crippen molar-refractivity contribution in [3.8, 4) is 5.75 Å². The molecule has 20 heavy (non-hydrogen) atoms. The van der Waals surface area contributed by atoms with E-state index in [0.717, 1.165) is 17.7 Å². The van der Waals surface area contributed by atoms with E-state index in [1.165, 1.54) is 13.2 Å².